The Hall–Kier alpha value is -1.12. The number of ether oxygens (including phenoxy) is 1. The summed E-state index contributed by atoms with van der Waals surface area (Å²) in [5, 5.41) is 3.84. The summed E-state index contributed by atoms with van der Waals surface area (Å²) in [5.41, 5.74) is 2.85. The van der Waals surface area contributed by atoms with Gasteiger partial charge in [0.1, 0.15) is 6.54 Å². The highest BCUT2D eigenvalue weighted by Crippen LogP contribution is 2.24. The van der Waals surface area contributed by atoms with Gasteiger partial charge in [-0.05, 0) is 35.9 Å². The first-order valence-electron chi connectivity index (χ1n) is 9.77. The van der Waals surface area contributed by atoms with E-state index in [1.54, 1.807) is 18.2 Å². The van der Waals surface area contributed by atoms with Crippen LogP contribution in [0.5, 0.6) is 0 Å². The van der Waals surface area contributed by atoms with Gasteiger partial charge >= 0.3 is 0 Å². The number of carbonyl (C=O) groups is 1. The van der Waals surface area contributed by atoms with E-state index in [1.165, 1.54) is 11.6 Å². The van der Waals surface area contributed by atoms with Gasteiger partial charge in [0.25, 0.3) is 0 Å². The Kier molecular flexibility index (Phi) is 9.63. The van der Waals surface area contributed by atoms with Crippen molar-refractivity contribution < 1.29 is 38.0 Å². The molecule has 1 fully saturated rings. The van der Waals surface area contributed by atoms with E-state index >= 15 is 0 Å². The zero-order valence-electron chi connectivity index (χ0n) is 17.2. The highest BCUT2D eigenvalue weighted by atomic mass is 127. The van der Waals surface area contributed by atoms with Crippen LogP contribution in [0.1, 0.15) is 24.0 Å². The number of benzene rings is 2. The number of hydrogen-bond acceptors (Lipinski definition) is 2. The Bertz CT molecular complexity index is 879. The van der Waals surface area contributed by atoms with Gasteiger partial charge in [0.2, 0.25) is 5.91 Å². The van der Waals surface area contributed by atoms with Crippen molar-refractivity contribution in [2.45, 2.75) is 25.4 Å². The fourth-order valence-corrected chi connectivity index (χ4v) is 3.96. The second-order valence-electron chi connectivity index (χ2n) is 7.97. The predicted molar refractivity (Wildman–Crippen MR) is 120 cm³/mol. The van der Waals surface area contributed by atoms with E-state index in [0.29, 0.717) is 16.1 Å². The Morgan fingerprint density at radius 3 is 2.40 bits per heavy atom. The molecule has 0 unspecified atom stereocenters. The normalized spacial score (nSPS) is 15.1. The zero-order valence-corrected chi connectivity index (χ0v) is 20.9. The Morgan fingerprint density at radius 1 is 1.10 bits per heavy atom. The first-order chi connectivity index (χ1) is 13.8. The highest BCUT2D eigenvalue weighted by molar-refractivity contribution is 6.42. The van der Waals surface area contributed by atoms with E-state index in [-0.39, 0.29) is 29.9 Å². The Morgan fingerprint density at radius 2 is 1.77 bits per heavy atom. The van der Waals surface area contributed by atoms with Gasteiger partial charge in [-0.2, -0.15) is 0 Å². The molecule has 0 aromatic heterocycles. The van der Waals surface area contributed by atoms with Crippen molar-refractivity contribution in [1.82, 2.24) is 0 Å². The van der Waals surface area contributed by atoms with Gasteiger partial charge < -0.3 is 38.5 Å². The Balaban J connectivity index is 0.00000320. The van der Waals surface area contributed by atoms with Crippen LogP contribution in [0.25, 0.3) is 6.08 Å². The summed E-state index contributed by atoms with van der Waals surface area (Å²) in [6.07, 6.45) is 5.40. The summed E-state index contributed by atoms with van der Waals surface area (Å²) in [7, 11) is 4.55. The van der Waals surface area contributed by atoms with Crippen molar-refractivity contribution in [3.63, 3.8) is 0 Å². The number of hydrogen-bond donors (Lipinski definition) is 1. The smallest absolute Gasteiger partial charge is 0.248 e. The summed E-state index contributed by atoms with van der Waals surface area (Å²) < 4.78 is 6.43. The van der Waals surface area contributed by atoms with Crippen LogP contribution >= 0.6 is 23.2 Å². The van der Waals surface area contributed by atoms with Gasteiger partial charge in [0, 0.05) is 30.2 Å². The second-order valence-corrected chi connectivity index (χ2v) is 8.79. The third-order valence-electron chi connectivity index (χ3n) is 5.36. The maximum atomic E-state index is 12.2. The molecule has 1 aliphatic rings. The van der Waals surface area contributed by atoms with Crippen LogP contribution in [0.15, 0.2) is 48.5 Å². The van der Waals surface area contributed by atoms with Gasteiger partial charge in [-0.15, -0.1) is 0 Å². The van der Waals surface area contributed by atoms with E-state index in [1.807, 2.05) is 18.2 Å². The van der Waals surface area contributed by atoms with Crippen molar-refractivity contribution in [1.29, 1.82) is 0 Å². The molecule has 1 amide bonds. The molecule has 3 rings (SSSR count). The molecule has 1 saturated heterocycles. The lowest BCUT2D eigenvalue weighted by Crippen LogP contribution is -3.00. The molecule has 0 bridgehead atoms. The van der Waals surface area contributed by atoms with Crippen LogP contribution in [0, 0.1) is 0 Å². The molecule has 7 heteroatoms. The summed E-state index contributed by atoms with van der Waals surface area (Å²) in [6, 6.07) is 13.9. The molecule has 0 spiro atoms. The van der Waals surface area contributed by atoms with Gasteiger partial charge in [-0.1, -0.05) is 41.4 Å². The molecule has 1 N–H and O–H groups in total. The largest absolute Gasteiger partial charge is 1.00 e. The average molecular weight is 561 g/mol. The van der Waals surface area contributed by atoms with Crippen LogP contribution < -0.4 is 29.3 Å². The molecule has 1 aliphatic heterocycles. The van der Waals surface area contributed by atoms with Gasteiger partial charge in [-0.25, -0.2) is 0 Å². The molecule has 30 heavy (non-hydrogen) atoms. The molecular weight excluding hydrogens is 534 g/mol. The lowest BCUT2D eigenvalue weighted by atomic mass is 10.0. The third-order valence-corrected chi connectivity index (χ3v) is 6.10. The SMILES string of the molecule is C[N+](C)(Cc1ccc(NC(=O)C=Cc2ccc(Cl)c(Cl)c2)cc1)C1CCOCC1.[I-]. The molecular formula is C23H27Cl2IN2O2. The molecule has 2 aromatic carbocycles. The number of nitrogens with zero attached hydrogens (tertiary/aromatic N) is 1. The average Bonchev–Trinajstić information content (AvgIpc) is 2.71. The minimum Gasteiger partial charge on any atom is -1.00 e. The van der Waals surface area contributed by atoms with Gasteiger partial charge in [-0.3, -0.25) is 4.79 Å². The molecule has 0 saturated carbocycles. The highest BCUT2D eigenvalue weighted by Gasteiger charge is 2.30. The molecule has 162 valence electrons. The van der Waals surface area contributed by atoms with Crippen LogP contribution in [0.2, 0.25) is 10.0 Å². The van der Waals surface area contributed by atoms with E-state index in [0.717, 1.165) is 48.3 Å². The number of anilines is 1. The first-order valence-corrected chi connectivity index (χ1v) is 10.5. The zero-order chi connectivity index (χ0) is 20.9. The van der Waals surface area contributed by atoms with Gasteiger partial charge in [0.15, 0.2) is 0 Å². The Labute approximate surface area is 205 Å². The maximum Gasteiger partial charge on any atom is 0.248 e. The molecule has 0 atom stereocenters. The van der Waals surface area contributed by atoms with E-state index in [2.05, 4.69) is 31.5 Å². The van der Waals surface area contributed by atoms with E-state index in [4.69, 9.17) is 27.9 Å². The van der Waals surface area contributed by atoms with Crippen molar-refractivity contribution in [2.75, 3.05) is 32.6 Å². The minimum atomic E-state index is -0.192. The quantitative estimate of drug-likeness (QED) is 0.335. The summed E-state index contributed by atoms with van der Waals surface area (Å²) in [5.74, 6) is -0.192. The number of amides is 1. The fraction of sp³-hybridized carbons (Fsp3) is 0.348. The monoisotopic (exact) mass is 560 g/mol. The van der Waals surface area contributed by atoms with Gasteiger partial charge in [0.05, 0.1) is 43.4 Å². The molecule has 0 radical (unpaired) electrons. The fourth-order valence-electron chi connectivity index (χ4n) is 3.65. The topological polar surface area (TPSA) is 38.3 Å². The lowest BCUT2D eigenvalue weighted by Gasteiger charge is -2.40. The number of carbonyl (C=O) groups excluding carboxylic acids is 1. The van der Waals surface area contributed by atoms with E-state index in [9.17, 15) is 4.79 Å². The van der Waals surface area contributed by atoms with Crippen molar-refractivity contribution in [2.24, 2.45) is 0 Å². The van der Waals surface area contributed by atoms with Crippen molar-refractivity contribution >= 4 is 40.9 Å². The van der Waals surface area contributed by atoms with Crippen molar-refractivity contribution in [3.8, 4) is 0 Å². The van der Waals surface area contributed by atoms with Crippen LogP contribution in [-0.4, -0.2) is 43.7 Å². The minimum absolute atomic E-state index is 0. The summed E-state index contributed by atoms with van der Waals surface area (Å²) in [4.78, 5) is 12.2. The van der Waals surface area contributed by atoms with Crippen LogP contribution in [0.4, 0.5) is 5.69 Å². The molecule has 0 aliphatic carbocycles. The standard InChI is InChI=1S/C23H26Cl2N2O2.HI/c1-27(2,20-11-13-29-14-12-20)16-18-3-7-19(8-4-18)26-23(28)10-6-17-5-9-21(24)22(25)15-17;/h3-10,15,20H,11-14,16H2,1-2H3;1H. The van der Waals surface area contributed by atoms with Crippen LogP contribution in [-0.2, 0) is 16.1 Å². The van der Waals surface area contributed by atoms with Crippen molar-refractivity contribution in [3.05, 3.63) is 69.7 Å². The molecule has 1 heterocycles. The van der Waals surface area contributed by atoms with Crippen LogP contribution in [0.3, 0.4) is 0 Å². The third kappa shape index (κ3) is 7.24. The molecule has 4 nitrogen and oxygen atoms in total. The maximum absolute atomic E-state index is 12.2. The number of halogens is 3. The number of rotatable bonds is 6. The first kappa shape index (κ1) is 25.1. The summed E-state index contributed by atoms with van der Waals surface area (Å²) in [6.45, 7) is 2.66. The predicted octanol–water partition coefficient (Wildman–Crippen LogP) is 2.40. The van der Waals surface area contributed by atoms with E-state index < -0.39 is 0 Å². The summed E-state index contributed by atoms with van der Waals surface area (Å²) >= 11 is 11.9. The number of nitrogens with one attached hydrogen (secondary N) is 1. The number of quaternary nitrogens is 1. The lowest BCUT2D eigenvalue weighted by molar-refractivity contribution is -0.929. The second kappa shape index (κ2) is 11.5. The molecule has 2 aromatic rings.